The van der Waals surface area contributed by atoms with E-state index in [4.69, 9.17) is 4.74 Å². The van der Waals surface area contributed by atoms with E-state index in [0.717, 1.165) is 35.3 Å². The Morgan fingerprint density at radius 2 is 1.90 bits per heavy atom. The Balaban J connectivity index is 2.01. The summed E-state index contributed by atoms with van der Waals surface area (Å²) in [5.74, 6) is 0.0334. The van der Waals surface area contributed by atoms with Crippen LogP contribution >= 0.6 is 11.3 Å². The molecule has 0 amide bonds. The van der Waals surface area contributed by atoms with E-state index < -0.39 is 16.0 Å². The highest BCUT2D eigenvalue weighted by atomic mass is 32.2. The fourth-order valence-electron chi connectivity index (χ4n) is 3.71. The Kier molecular flexibility index (Phi) is 6.11. The van der Waals surface area contributed by atoms with Crippen LogP contribution in [0.3, 0.4) is 0 Å². The van der Waals surface area contributed by atoms with Crippen LogP contribution < -0.4 is 4.72 Å². The van der Waals surface area contributed by atoms with E-state index in [0.29, 0.717) is 16.5 Å². The van der Waals surface area contributed by atoms with Crippen molar-refractivity contribution in [1.29, 1.82) is 0 Å². The van der Waals surface area contributed by atoms with Crippen molar-refractivity contribution in [3.8, 4) is 0 Å². The first-order valence-electron chi connectivity index (χ1n) is 9.94. The molecule has 0 spiro atoms. The predicted molar refractivity (Wildman–Crippen MR) is 117 cm³/mol. The third-order valence-corrected chi connectivity index (χ3v) is 8.19. The van der Waals surface area contributed by atoms with E-state index in [9.17, 15) is 13.2 Å². The van der Waals surface area contributed by atoms with Gasteiger partial charge in [0.05, 0.1) is 17.1 Å². The lowest BCUT2D eigenvalue weighted by Crippen LogP contribution is -2.26. The number of carbonyl (C=O) groups is 1. The Morgan fingerprint density at radius 1 is 1.24 bits per heavy atom. The van der Waals surface area contributed by atoms with Gasteiger partial charge in [0.2, 0.25) is 0 Å². The number of ether oxygens (including phenoxy) is 1. The Hall–Kier alpha value is -1.86. The second-order valence-corrected chi connectivity index (χ2v) is 11.4. The number of nitrogens with one attached hydrogen (secondary N) is 1. The summed E-state index contributed by atoms with van der Waals surface area (Å²) in [6.45, 7) is 10.6. The average Bonchev–Trinajstić information content (AvgIpc) is 2.97. The Morgan fingerprint density at radius 3 is 2.48 bits per heavy atom. The molecule has 1 aromatic heterocycles. The fourth-order valence-corrected chi connectivity index (χ4v) is 6.34. The van der Waals surface area contributed by atoms with Crippen molar-refractivity contribution >= 4 is 32.3 Å². The van der Waals surface area contributed by atoms with Crippen molar-refractivity contribution in [2.24, 2.45) is 11.3 Å². The number of hydrogen-bond donors (Lipinski definition) is 1. The smallest absolute Gasteiger partial charge is 0.341 e. The predicted octanol–water partition coefficient (Wildman–Crippen LogP) is 5.19. The van der Waals surface area contributed by atoms with Crippen LogP contribution in [0.15, 0.2) is 29.2 Å². The maximum Gasteiger partial charge on any atom is 0.341 e. The van der Waals surface area contributed by atoms with Crippen molar-refractivity contribution in [1.82, 2.24) is 0 Å². The molecular formula is C22H29NO4S2. The maximum atomic E-state index is 12.9. The number of anilines is 1. The molecule has 1 N–H and O–H groups in total. The standard InChI is InChI=1S/C22H29NO4S2/c1-6-27-21(24)19-17-12-9-15(22(3,4)5)13-18(17)28-20(19)23-29(25,26)16-10-7-14(2)8-11-16/h7-8,10-11,15,23H,6,9,12-13H2,1-5H3/t15-/m1/s1. The van der Waals surface area contributed by atoms with Crippen LogP contribution in [0, 0.1) is 18.3 Å². The van der Waals surface area contributed by atoms with Gasteiger partial charge in [-0.3, -0.25) is 4.72 Å². The van der Waals surface area contributed by atoms with E-state index in [-0.39, 0.29) is 16.9 Å². The number of aryl methyl sites for hydroxylation is 1. The van der Waals surface area contributed by atoms with Crippen LogP contribution in [0.2, 0.25) is 0 Å². The summed E-state index contributed by atoms with van der Waals surface area (Å²) >= 11 is 1.37. The molecule has 1 aliphatic carbocycles. The van der Waals surface area contributed by atoms with Gasteiger partial charge in [-0.05, 0) is 62.1 Å². The lowest BCUT2D eigenvalue weighted by molar-refractivity contribution is 0.0526. The molecular weight excluding hydrogens is 406 g/mol. The van der Waals surface area contributed by atoms with Gasteiger partial charge < -0.3 is 4.74 Å². The summed E-state index contributed by atoms with van der Waals surface area (Å²) in [6, 6.07) is 6.66. The molecule has 0 saturated carbocycles. The van der Waals surface area contributed by atoms with Crippen molar-refractivity contribution in [2.75, 3.05) is 11.3 Å². The first kappa shape index (κ1) is 21.8. The molecule has 0 fully saturated rings. The quantitative estimate of drug-likeness (QED) is 0.657. The summed E-state index contributed by atoms with van der Waals surface area (Å²) in [5.41, 5.74) is 2.47. The number of fused-ring (bicyclic) bond motifs is 1. The molecule has 1 aromatic carbocycles. The summed E-state index contributed by atoms with van der Waals surface area (Å²) in [7, 11) is -3.79. The molecule has 7 heteroatoms. The minimum atomic E-state index is -3.79. The second kappa shape index (κ2) is 8.11. The number of hydrogen-bond acceptors (Lipinski definition) is 5. The minimum absolute atomic E-state index is 0.160. The van der Waals surface area contributed by atoms with Gasteiger partial charge in [-0.25, -0.2) is 13.2 Å². The average molecular weight is 436 g/mol. The zero-order chi connectivity index (χ0) is 21.4. The molecule has 158 valence electrons. The summed E-state index contributed by atoms with van der Waals surface area (Å²) in [4.78, 5) is 14.0. The van der Waals surface area contributed by atoms with Crippen molar-refractivity contribution in [2.45, 2.75) is 58.8 Å². The molecule has 29 heavy (non-hydrogen) atoms. The van der Waals surface area contributed by atoms with E-state index >= 15 is 0 Å². The van der Waals surface area contributed by atoms with Crippen molar-refractivity contribution in [3.05, 3.63) is 45.8 Å². The highest BCUT2D eigenvalue weighted by Gasteiger charge is 2.35. The number of carbonyl (C=O) groups excluding carboxylic acids is 1. The highest BCUT2D eigenvalue weighted by molar-refractivity contribution is 7.93. The SMILES string of the molecule is CCOC(=O)c1c(NS(=O)(=O)c2ccc(C)cc2)sc2c1CC[C@@H](C(C)(C)C)C2. The Labute approximate surface area is 177 Å². The topological polar surface area (TPSA) is 72.5 Å². The van der Waals surface area contributed by atoms with Crippen LogP contribution in [-0.4, -0.2) is 21.0 Å². The van der Waals surface area contributed by atoms with E-state index in [1.54, 1.807) is 31.2 Å². The van der Waals surface area contributed by atoms with Gasteiger partial charge in [-0.1, -0.05) is 38.5 Å². The number of rotatable bonds is 5. The van der Waals surface area contributed by atoms with Crippen LogP contribution in [0.4, 0.5) is 5.00 Å². The molecule has 1 aliphatic rings. The summed E-state index contributed by atoms with van der Waals surface area (Å²) < 4.78 is 33.8. The highest BCUT2D eigenvalue weighted by Crippen LogP contribution is 2.45. The minimum Gasteiger partial charge on any atom is -0.462 e. The Bertz CT molecular complexity index is 999. The van der Waals surface area contributed by atoms with E-state index in [2.05, 4.69) is 25.5 Å². The second-order valence-electron chi connectivity index (χ2n) is 8.65. The van der Waals surface area contributed by atoms with Crippen molar-refractivity contribution in [3.63, 3.8) is 0 Å². The molecule has 1 atom stereocenters. The monoisotopic (exact) mass is 435 g/mol. The first-order chi connectivity index (χ1) is 13.5. The van der Waals surface area contributed by atoms with Gasteiger partial charge in [0.25, 0.3) is 10.0 Å². The van der Waals surface area contributed by atoms with E-state index in [1.165, 1.54) is 11.3 Å². The largest absolute Gasteiger partial charge is 0.462 e. The first-order valence-corrected chi connectivity index (χ1v) is 12.2. The zero-order valence-electron chi connectivity index (χ0n) is 17.7. The molecule has 3 rings (SSSR count). The van der Waals surface area contributed by atoms with Gasteiger partial charge in [0.1, 0.15) is 5.00 Å². The van der Waals surface area contributed by atoms with E-state index in [1.807, 2.05) is 6.92 Å². The van der Waals surface area contributed by atoms with Crippen LogP contribution in [-0.2, 0) is 27.6 Å². The molecule has 0 saturated heterocycles. The number of thiophene rings is 1. The molecule has 5 nitrogen and oxygen atoms in total. The number of sulfonamides is 1. The lowest BCUT2D eigenvalue weighted by atomic mass is 9.72. The van der Waals surface area contributed by atoms with Gasteiger partial charge in [0.15, 0.2) is 0 Å². The normalized spacial score (nSPS) is 16.9. The van der Waals surface area contributed by atoms with Gasteiger partial charge in [-0.2, -0.15) is 0 Å². The summed E-state index contributed by atoms with van der Waals surface area (Å²) in [5, 5.41) is 0.364. The van der Waals surface area contributed by atoms with Crippen molar-refractivity contribution < 1.29 is 17.9 Å². The molecule has 0 radical (unpaired) electrons. The summed E-state index contributed by atoms with van der Waals surface area (Å²) in [6.07, 6.45) is 2.58. The van der Waals surface area contributed by atoms with Crippen LogP contribution in [0.25, 0.3) is 0 Å². The molecule has 0 unspecified atom stereocenters. The maximum absolute atomic E-state index is 12.9. The fraction of sp³-hybridized carbons (Fsp3) is 0.500. The van der Waals surface area contributed by atoms with Gasteiger partial charge >= 0.3 is 5.97 Å². The zero-order valence-corrected chi connectivity index (χ0v) is 19.3. The van der Waals surface area contributed by atoms with Crippen LogP contribution in [0.5, 0.6) is 0 Å². The lowest BCUT2D eigenvalue weighted by Gasteiger charge is -2.33. The number of esters is 1. The molecule has 2 aromatic rings. The van der Waals surface area contributed by atoms with Crippen LogP contribution in [0.1, 0.15) is 60.5 Å². The molecule has 0 bridgehead atoms. The molecule has 0 aliphatic heterocycles. The molecule has 1 heterocycles. The van der Waals surface area contributed by atoms with Gasteiger partial charge in [0, 0.05) is 4.88 Å². The third kappa shape index (κ3) is 4.67. The number of benzene rings is 1. The van der Waals surface area contributed by atoms with Gasteiger partial charge in [-0.15, -0.1) is 11.3 Å². The third-order valence-electron chi connectivity index (χ3n) is 5.53.